The molecule has 0 spiro atoms. The number of ketones is 1. The van der Waals surface area contributed by atoms with Crippen LogP contribution in [0.15, 0.2) is 0 Å². The van der Waals surface area contributed by atoms with E-state index in [1.165, 1.54) is 19.3 Å². The number of amides is 1. The van der Waals surface area contributed by atoms with E-state index in [-0.39, 0.29) is 23.7 Å². The zero-order valence-electron chi connectivity index (χ0n) is 16.4. The van der Waals surface area contributed by atoms with Crippen LogP contribution in [-0.4, -0.2) is 30.3 Å². The normalized spacial score (nSPS) is 33.2. The predicted octanol–water partition coefficient (Wildman–Crippen LogP) is 3.26. The Labute approximate surface area is 156 Å². The second kappa shape index (κ2) is 7.69. The molecule has 0 aromatic rings. The van der Waals surface area contributed by atoms with E-state index in [1.54, 1.807) is 6.92 Å². The first kappa shape index (κ1) is 19.4. The van der Waals surface area contributed by atoms with Crippen LogP contribution in [0, 0.1) is 29.1 Å². The van der Waals surface area contributed by atoms with E-state index in [1.807, 2.05) is 0 Å². The minimum absolute atomic E-state index is 0.107. The second-order valence-electron chi connectivity index (χ2n) is 9.40. The molecule has 4 aliphatic carbocycles. The molecule has 0 heterocycles. The average Bonchev–Trinajstić information content (AvgIpc) is 2.56. The second-order valence-corrected chi connectivity index (χ2v) is 9.40. The summed E-state index contributed by atoms with van der Waals surface area (Å²) in [6.07, 6.45) is 7.26. The first-order valence-corrected chi connectivity index (χ1v) is 10.3. The molecule has 1 atom stereocenters. The highest BCUT2D eigenvalue weighted by molar-refractivity contribution is 5.91. The van der Waals surface area contributed by atoms with Crippen LogP contribution in [0.5, 0.6) is 0 Å². The number of hydrogen-bond acceptors (Lipinski definition) is 4. The van der Waals surface area contributed by atoms with Gasteiger partial charge in [-0.3, -0.25) is 14.4 Å². The largest absolute Gasteiger partial charge is 0.453 e. The highest BCUT2D eigenvalue weighted by Crippen LogP contribution is 2.60. The van der Waals surface area contributed by atoms with E-state index in [2.05, 4.69) is 19.2 Å². The van der Waals surface area contributed by atoms with Gasteiger partial charge in [-0.1, -0.05) is 13.8 Å². The van der Waals surface area contributed by atoms with Gasteiger partial charge < -0.3 is 10.1 Å². The minimum Gasteiger partial charge on any atom is -0.453 e. The lowest BCUT2D eigenvalue weighted by Gasteiger charge is -2.56. The van der Waals surface area contributed by atoms with Gasteiger partial charge in [-0.2, -0.15) is 0 Å². The number of ether oxygens (including phenoxy) is 1. The summed E-state index contributed by atoms with van der Waals surface area (Å²) in [6.45, 7) is 5.65. The molecule has 1 unspecified atom stereocenters. The molecule has 4 bridgehead atoms. The Kier molecular flexibility index (Phi) is 5.73. The molecule has 5 nitrogen and oxygen atoms in total. The molecule has 1 amide bonds. The fraction of sp³-hybridized carbons (Fsp3) is 0.857. The molecule has 0 aromatic heterocycles. The first-order valence-electron chi connectivity index (χ1n) is 10.3. The third-order valence-electron chi connectivity index (χ3n) is 6.62. The lowest BCUT2D eigenvalue weighted by molar-refractivity contribution is -0.164. The molecule has 4 fully saturated rings. The Hall–Kier alpha value is -1.39. The zero-order valence-corrected chi connectivity index (χ0v) is 16.4. The third-order valence-corrected chi connectivity index (χ3v) is 6.62. The van der Waals surface area contributed by atoms with Crippen LogP contribution < -0.4 is 5.32 Å². The summed E-state index contributed by atoms with van der Waals surface area (Å²) in [5.41, 5.74) is -0.255. The van der Waals surface area contributed by atoms with Crippen LogP contribution >= 0.6 is 0 Å². The van der Waals surface area contributed by atoms with Crippen molar-refractivity contribution < 1.29 is 19.1 Å². The Morgan fingerprint density at radius 1 is 1.00 bits per heavy atom. The topological polar surface area (TPSA) is 72.5 Å². The van der Waals surface area contributed by atoms with E-state index >= 15 is 0 Å². The molecule has 4 saturated carbocycles. The molecule has 5 heteroatoms. The Morgan fingerprint density at radius 2 is 1.54 bits per heavy atom. The van der Waals surface area contributed by atoms with Crippen molar-refractivity contribution in [3.8, 4) is 0 Å². The highest BCUT2D eigenvalue weighted by atomic mass is 16.5. The summed E-state index contributed by atoms with van der Waals surface area (Å²) < 4.78 is 5.37. The predicted molar refractivity (Wildman–Crippen MR) is 98.2 cm³/mol. The molecule has 26 heavy (non-hydrogen) atoms. The minimum atomic E-state index is -0.716. The van der Waals surface area contributed by atoms with Gasteiger partial charge >= 0.3 is 5.97 Å². The summed E-state index contributed by atoms with van der Waals surface area (Å²) in [5.74, 6) is 1.96. The average molecular weight is 363 g/mol. The van der Waals surface area contributed by atoms with Crippen LogP contribution in [0.1, 0.15) is 72.1 Å². The number of carbonyl (C=O) groups excluding carboxylic acids is 3. The van der Waals surface area contributed by atoms with Gasteiger partial charge in [0.15, 0.2) is 11.9 Å². The van der Waals surface area contributed by atoms with Crippen molar-refractivity contribution in [2.24, 2.45) is 29.1 Å². The summed E-state index contributed by atoms with van der Waals surface area (Å²) in [6, 6.07) is 0. The van der Waals surface area contributed by atoms with Crippen LogP contribution in [0.4, 0.5) is 0 Å². The van der Waals surface area contributed by atoms with Crippen LogP contribution in [0.3, 0.4) is 0 Å². The quantitative estimate of drug-likeness (QED) is 0.672. The molecule has 4 aliphatic rings. The molecular weight excluding hydrogens is 330 g/mol. The van der Waals surface area contributed by atoms with Crippen molar-refractivity contribution in [3.63, 3.8) is 0 Å². The number of esters is 1. The van der Waals surface area contributed by atoms with Crippen molar-refractivity contribution in [2.45, 2.75) is 78.2 Å². The number of rotatable bonds is 8. The molecule has 0 radical (unpaired) electrons. The van der Waals surface area contributed by atoms with Crippen molar-refractivity contribution >= 4 is 17.7 Å². The first-order chi connectivity index (χ1) is 12.3. The molecule has 4 rings (SSSR count). The SMILES string of the molecule is CC(C)CCC(=O)NCC(=O)OC(C)C(=O)C12CC3CC(CC(C3)C1)C2. The van der Waals surface area contributed by atoms with Gasteiger partial charge in [-0.05, 0) is 75.5 Å². The maximum atomic E-state index is 13.1. The standard InChI is InChI=1S/C21H33NO4/c1-13(2)4-5-18(23)22-12-19(24)26-14(3)20(25)21-9-15-6-16(10-21)8-17(7-15)11-21/h13-17H,4-12H2,1-3H3,(H,22,23). The summed E-state index contributed by atoms with van der Waals surface area (Å²) in [4.78, 5) is 36.8. The number of Topliss-reactive ketones (excluding diaryl/α,β-unsaturated/α-hetero) is 1. The third kappa shape index (κ3) is 4.29. The molecule has 146 valence electrons. The number of hydrogen-bond donors (Lipinski definition) is 1. The molecular formula is C21H33NO4. The van der Waals surface area contributed by atoms with Gasteiger partial charge in [-0.15, -0.1) is 0 Å². The number of nitrogens with one attached hydrogen (secondary N) is 1. The molecule has 0 aromatic carbocycles. The fourth-order valence-electron chi connectivity index (χ4n) is 5.81. The fourth-order valence-corrected chi connectivity index (χ4v) is 5.81. The van der Waals surface area contributed by atoms with Gasteiger partial charge in [0.1, 0.15) is 6.54 Å². The van der Waals surface area contributed by atoms with E-state index in [4.69, 9.17) is 4.74 Å². The van der Waals surface area contributed by atoms with Crippen molar-refractivity contribution in [1.29, 1.82) is 0 Å². The molecule has 1 N–H and O–H groups in total. The highest BCUT2D eigenvalue weighted by Gasteiger charge is 2.55. The van der Waals surface area contributed by atoms with Crippen LogP contribution in [0.25, 0.3) is 0 Å². The number of carbonyl (C=O) groups is 3. The van der Waals surface area contributed by atoms with Crippen molar-refractivity contribution in [2.75, 3.05) is 6.54 Å². The van der Waals surface area contributed by atoms with Crippen molar-refractivity contribution in [3.05, 3.63) is 0 Å². The van der Waals surface area contributed by atoms with Gasteiger partial charge in [-0.25, -0.2) is 0 Å². The van der Waals surface area contributed by atoms with Gasteiger partial charge in [0.25, 0.3) is 0 Å². The van der Waals surface area contributed by atoms with Crippen molar-refractivity contribution in [1.82, 2.24) is 5.32 Å². The van der Waals surface area contributed by atoms with Gasteiger partial charge in [0.2, 0.25) is 5.91 Å². The lowest BCUT2D eigenvalue weighted by atomic mass is 9.48. The molecule has 0 aliphatic heterocycles. The smallest absolute Gasteiger partial charge is 0.326 e. The van der Waals surface area contributed by atoms with E-state index < -0.39 is 12.1 Å². The Balaban J connectivity index is 1.47. The van der Waals surface area contributed by atoms with Crippen LogP contribution in [0.2, 0.25) is 0 Å². The summed E-state index contributed by atoms with van der Waals surface area (Å²) >= 11 is 0. The molecule has 0 saturated heterocycles. The maximum Gasteiger partial charge on any atom is 0.326 e. The van der Waals surface area contributed by atoms with Crippen LogP contribution in [-0.2, 0) is 19.1 Å². The lowest BCUT2D eigenvalue weighted by Crippen LogP contribution is -2.53. The summed E-state index contributed by atoms with van der Waals surface area (Å²) in [7, 11) is 0. The van der Waals surface area contributed by atoms with Gasteiger partial charge in [0, 0.05) is 11.8 Å². The van der Waals surface area contributed by atoms with E-state index in [0.29, 0.717) is 30.1 Å². The zero-order chi connectivity index (χ0) is 18.9. The monoisotopic (exact) mass is 363 g/mol. The Bertz CT molecular complexity index is 533. The maximum absolute atomic E-state index is 13.1. The Morgan fingerprint density at radius 3 is 2.04 bits per heavy atom. The van der Waals surface area contributed by atoms with E-state index in [9.17, 15) is 14.4 Å². The summed E-state index contributed by atoms with van der Waals surface area (Å²) in [5, 5.41) is 2.59. The van der Waals surface area contributed by atoms with E-state index in [0.717, 1.165) is 25.7 Å². The van der Waals surface area contributed by atoms with Gasteiger partial charge in [0.05, 0.1) is 0 Å².